The second-order valence-corrected chi connectivity index (χ2v) is 6.91. The van der Waals surface area contributed by atoms with Crippen LogP contribution in [-0.4, -0.2) is 21.3 Å². The molecule has 0 aliphatic carbocycles. The summed E-state index contributed by atoms with van der Waals surface area (Å²) < 4.78 is 6.35. The van der Waals surface area contributed by atoms with E-state index < -0.39 is 0 Å². The molecule has 1 atom stereocenters. The largest absolute Gasteiger partial charge is 0.355 e. The Hall–Kier alpha value is -2.93. The highest BCUT2D eigenvalue weighted by atomic mass is 79.9. The van der Waals surface area contributed by atoms with Crippen molar-refractivity contribution >= 4 is 32.7 Å². The summed E-state index contributed by atoms with van der Waals surface area (Å²) in [5.74, 6) is 0.259. The lowest BCUT2D eigenvalue weighted by Crippen LogP contribution is -2.26. The van der Waals surface area contributed by atoms with Crippen LogP contribution < -0.4 is 5.32 Å². The molecule has 6 nitrogen and oxygen atoms in total. The highest BCUT2D eigenvalue weighted by Crippen LogP contribution is 2.24. The minimum Gasteiger partial charge on any atom is -0.355 e. The average Bonchev–Trinajstić information content (AvgIpc) is 3.31. The molecule has 0 saturated carbocycles. The number of carbonyl (C=O) groups is 1. The van der Waals surface area contributed by atoms with E-state index in [0.29, 0.717) is 5.76 Å². The minimum absolute atomic E-state index is 0.141. The van der Waals surface area contributed by atoms with Gasteiger partial charge in [0.15, 0.2) is 11.5 Å². The molecule has 2 aromatic carbocycles. The second kappa shape index (κ2) is 6.76. The van der Waals surface area contributed by atoms with Gasteiger partial charge in [0.2, 0.25) is 0 Å². The Morgan fingerprint density at radius 2 is 2.00 bits per heavy atom. The van der Waals surface area contributed by atoms with Crippen molar-refractivity contribution in [1.82, 2.24) is 20.7 Å². The van der Waals surface area contributed by atoms with Crippen LogP contribution >= 0.6 is 15.9 Å². The van der Waals surface area contributed by atoms with Crippen LogP contribution in [-0.2, 0) is 0 Å². The number of fused-ring (bicyclic) bond motifs is 1. The van der Waals surface area contributed by atoms with E-state index in [1.807, 2.05) is 49.4 Å². The number of halogens is 1. The van der Waals surface area contributed by atoms with Crippen LogP contribution in [0.4, 0.5) is 0 Å². The normalized spacial score (nSPS) is 12.2. The zero-order chi connectivity index (χ0) is 18.1. The van der Waals surface area contributed by atoms with Crippen molar-refractivity contribution in [3.8, 4) is 11.3 Å². The monoisotopic (exact) mass is 410 g/mol. The van der Waals surface area contributed by atoms with Gasteiger partial charge in [-0.15, -0.1) is 0 Å². The first-order valence-corrected chi connectivity index (χ1v) is 8.86. The highest BCUT2D eigenvalue weighted by molar-refractivity contribution is 9.10. The highest BCUT2D eigenvalue weighted by Gasteiger charge is 2.17. The lowest BCUT2D eigenvalue weighted by atomic mass is 10.1. The number of carbonyl (C=O) groups excluding carboxylic acids is 1. The first-order valence-electron chi connectivity index (χ1n) is 8.07. The van der Waals surface area contributed by atoms with Crippen LogP contribution in [0.3, 0.4) is 0 Å². The molecular formula is C19H15BrN4O2. The van der Waals surface area contributed by atoms with Crippen molar-refractivity contribution in [2.75, 3.05) is 0 Å². The van der Waals surface area contributed by atoms with E-state index in [4.69, 9.17) is 4.52 Å². The van der Waals surface area contributed by atoms with E-state index in [2.05, 4.69) is 36.6 Å². The molecule has 2 aromatic heterocycles. The number of hydrogen-bond acceptors (Lipinski definition) is 4. The van der Waals surface area contributed by atoms with Crippen molar-refractivity contribution in [2.24, 2.45) is 0 Å². The van der Waals surface area contributed by atoms with E-state index in [-0.39, 0.29) is 17.6 Å². The smallest absolute Gasteiger partial charge is 0.273 e. The predicted molar refractivity (Wildman–Crippen MR) is 102 cm³/mol. The fourth-order valence-corrected chi connectivity index (χ4v) is 2.98. The standard InChI is InChI=1S/C19H15BrN4O2/c1-11(12-2-5-15(20)6-3-12)22-19(25)17-9-18(26-24-17)13-4-7-16-14(8-13)10-21-23-16/h2-11H,1H3,(H,21,23)(H,22,25)/t11-/m0/s1. The van der Waals surface area contributed by atoms with Gasteiger partial charge in [-0.3, -0.25) is 9.89 Å². The van der Waals surface area contributed by atoms with E-state index >= 15 is 0 Å². The van der Waals surface area contributed by atoms with Crippen LogP contribution in [0.1, 0.15) is 29.0 Å². The Balaban J connectivity index is 1.51. The molecule has 0 aliphatic rings. The van der Waals surface area contributed by atoms with Gasteiger partial charge in [0, 0.05) is 21.5 Å². The summed E-state index contributed by atoms with van der Waals surface area (Å²) in [7, 11) is 0. The van der Waals surface area contributed by atoms with E-state index in [0.717, 1.165) is 26.5 Å². The molecule has 0 saturated heterocycles. The first kappa shape index (κ1) is 16.5. The molecular weight excluding hydrogens is 396 g/mol. The maximum atomic E-state index is 12.5. The Labute approximate surface area is 157 Å². The van der Waals surface area contributed by atoms with Gasteiger partial charge >= 0.3 is 0 Å². The number of benzene rings is 2. The number of nitrogens with zero attached hydrogens (tertiary/aromatic N) is 2. The predicted octanol–water partition coefficient (Wildman–Crippen LogP) is 4.47. The molecule has 0 fully saturated rings. The number of hydrogen-bond donors (Lipinski definition) is 2. The number of aromatic amines is 1. The van der Waals surface area contributed by atoms with E-state index in [9.17, 15) is 4.79 Å². The third kappa shape index (κ3) is 3.25. The molecule has 1 amide bonds. The lowest BCUT2D eigenvalue weighted by Gasteiger charge is -2.13. The molecule has 0 unspecified atom stereocenters. The molecule has 130 valence electrons. The molecule has 26 heavy (non-hydrogen) atoms. The van der Waals surface area contributed by atoms with Gasteiger partial charge in [0.1, 0.15) is 0 Å². The summed E-state index contributed by atoms with van der Waals surface area (Å²) in [5.41, 5.74) is 3.04. The molecule has 4 aromatic rings. The molecule has 0 radical (unpaired) electrons. The Kier molecular flexibility index (Phi) is 4.30. The van der Waals surface area contributed by atoms with Crippen molar-refractivity contribution in [2.45, 2.75) is 13.0 Å². The van der Waals surface area contributed by atoms with Gasteiger partial charge in [0.25, 0.3) is 5.91 Å². The zero-order valence-corrected chi connectivity index (χ0v) is 15.4. The summed E-state index contributed by atoms with van der Waals surface area (Å²) >= 11 is 3.40. The SMILES string of the molecule is C[C@H](NC(=O)c1cc(-c2ccc3[nH]ncc3c2)on1)c1ccc(Br)cc1. The van der Waals surface area contributed by atoms with Crippen molar-refractivity contribution in [3.63, 3.8) is 0 Å². The summed E-state index contributed by atoms with van der Waals surface area (Å²) in [4.78, 5) is 12.5. The van der Waals surface area contributed by atoms with Gasteiger partial charge in [-0.25, -0.2) is 0 Å². The third-order valence-electron chi connectivity index (χ3n) is 4.19. The number of nitrogens with one attached hydrogen (secondary N) is 2. The zero-order valence-electron chi connectivity index (χ0n) is 13.9. The first-order chi connectivity index (χ1) is 12.6. The maximum absolute atomic E-state index is 12.5. The van der Waals surface area contributed by atoms with E-state index in [1.54, 1.807) is 12.3 Å². The lowest BCUT2D eigenvalue weighted by molar-refractivity contribution is 0.0931. The van der Waals surface area contributed by atoms with Crippen LogP contribution in [0.15, 0.2) is 63.7 Å². The van der Waals surface area contributed by atoms with Gasteiger partial charge in [-0.1, -0.05) is 33.2 Å². The molecule has 7 heteroatoms. The summed E-state index contributed by atoms with van der Waals surface area (Å²) in [6, 6.07) is 15.1. The number of rotatable bonds is 4. The van der Waals surface area contributed by atoms with Crippen LogP contribution in [0, 0.1) is 0 Å². The van der Waals surface area contributed by atoms with Gasteiger partial charge < -0.3 is 9.84 Å². The molecule has 0 spiro atoms. The van der Waals surface area contributed by atoms with Crippen molar-refractivity contribution in [1.29, 1.82) is 0 Å². The Morgan fingerprint density at radius 1 is 1.19 bits per heavy atom. The second-order valence-electron chi connectivity index (χ2n) is 6.00. The Morgan fingerprint density at radius 3 is 2.81 bits per heavy atom. The molecule has 2 N–H and O–H groups in total. The number of aromatic nitrogens is 3. The molecule has 2 heterocycles. The third-order valence-corrected chi connectivity index (χ3v) is 4.71. The number of H-pyrrole nitrogens is 1. The maximum Gasteiger partial charge on any atom is 0.273 e. The topological polar surface area (TPSA) is 83.8 Å². The minimum atomic E-state index is -0.278. The fraction of sp³-hybridized carbons (Fsp3) is 0.105. The molecule has 4 rings (SSSR count). The fourth-order valence-electron chi connectivity index (χ4n) is 2.72. The van der Waals surface area contributed by atoms with Crippen molar-refractivity contribution < 1.29 is 9.32 Å². The number of amides is 1. The summed E-state index contributed by atoms with van der Waals surface area (Å²) in [6.07, 6.45) is 1.74. The Bertz CT molecular complexity index is 1070. The summed E-state index contributed by atoms with van der Waals surface area (Å²) in [6.45, 7) is 1.93. The van der Waals surface area contributed by atoms with Gasteiger partial charge in [-0.2, -0.15) is 5.10 Å². The van der Waals surface area contributed by atoms with Crippen LogP contribution in [0.5, 0.6) is 0 Å². The molecule has 0 aliphatic heterocycles. The van der Waals surface area contributed by atoms with Gasteiger partial charge in [-0.05, 0) is 42.8 Å². The quantitative estimate of drug-likeness (QED) is 0.519. The van der Waals surface area contributed by atoms with Crippen molar-refractivity contribution in [3.05, 3.63) is 70.5 Å². The van der Waals surface area contributed by atoms with Crippen LogP contribution in [0.2, 0.25) is 0 Å². The van der Waals surface area contributed by atoms with E-state index in [1.165, 1.54) is 0 Å². The van der Waals surface area contributed by atoms with Crippen LogP contribution in [0.25, 0.3) is 22.2 Å². The summed E-state index contributed by atoms with van der Waals surface area (Å²) in [5, 5.41) is 14.7. The molecule has 0 bridgehead atoms. The average molecular weight is 411 g/mol. The van der Waals surface area contributed by atoms with Gasteiger partial charge in [0.05, 0.1) is 17.8 Å².